The number of rotatable bonds is 10. The van der Waals surface area contributed by atoms with Crippen molar-refractivity contribution < 1.29 is 19.0 Å². The van der Waals surface area contributed by atoms with Gasteiger partial charge in [-0.1, -0.05) is 0 Å². The Kier molecular flexibility index (Phi) is 7.77. The molecule has 0 aliphatic heterocycles. The average Bonchev–Trinajstić information content (AvgIpc) is 2.73. The van der Waals surface area contributed by atoms with Gasteiger partial charge in [0.25, 0.3) is 0 Å². The number of anilines is 2. The molecule has 0 aliphatic rings. The Morgan fingerprint density at radius 3 is 2.13 bits per heavy atom. The highest BCUT2D eigenvalue weighted by atomic mass is 19.1. The third-order valence-electron chi connectivity index (χ3n) is 4.45. The van der Waals surface area contributed by atoms with E-state index in [0.29, 0.717) is 35.9 Å². The minimum Gasteiger partial charge on any atom is -0.492 e. The van der Waals surface area contributed by atoms with Gasteiger partial charge in [0.05, 0.1) is 33.9 Å². The van der Waals surface area contributed by atoms with Gasteiger partial charge < -0.3 is 15.0 Å². The molecule has 12 heteroatoms. The largest absolute Gasteiger partial charge is 0.492 e. The predicted molar refractivity (Wildman–Crippen MR) is 115 cm³/mol. The Hall–Kier alpha value is -3.83. The second-order valence-electron chi connectivity index (χ2n) is 6.20. The number of hydrogen-bond acceptors (Lipinski definition) is 9. The summed E-state index contributed by atoms with van der Waals surface area (Å²) in [7, 11) is 1.68. The standard InChI is InChI=1S/C19H23FN6O5/c1-5-24(6-2)18-9-13(21-4)14(10-19(18)31-7-3)22-23-15-8-12(20)16(25(27)28)11-17(15)26(29)30/h8-11,21H,5-7H2,1-4H3. The maximum atomic E-state index is 14.0. The molecular weight excluding hydrogens is 411 g/mol. The van der Waals surface area contributed by atoms with Crippen molar-refractivity contribution in [3.63, 3.8) is 0 Å². The van der Waals surface area contributed by atoms with E-state index in [1.807, 2.05) is 26.8 Å². The lowest BCUT2D eigenvalue weighted by Crippen LogP contribution is -2.22. The summed E-state index contributed by atoms with van der Waals surface area (Å²) in [6, 6.07) is 4.58. The average molecular weight is 434 g/mol. The van der Waals surface area contributed by atoms with Gasteiger partial charge in [-0.15, -0.1) is 10.2 Å². The fourth-order valence-electron chi connectivity index (χ4n) is 2.94. The smallest absolute Gasteiger partial charge is 0.311 e. The van der Waals surface area contributed by atoms with Crippen LogP contribution in [0.25, 0.3) is 0 Å². The van der Waals surface area contributed by atoms with E-state index in [4.69, 9.17) is 4.74 Å². The number of ether oxygens (including phenoxy) is 1. The van der Waals surface area contributed by atoms with Crippen molar-refractivity contribution >= 4 is 34.1 Å². The first-order valence-corrected chi connectivity index (χ1v) is 9.54. The van der Waals surface area contributed by atoms with Crippen molar-refractivity contribution in [1.29, 1.82) is 0 Å². The molecule has 2 rings (SSSR count). The number of nitrogens with zero attached hydrogens (tertiary/aromatic N) is 5. The maximum absolute atomic E-state index is 14.0. The molecule has 1 N–H and O–H groups in total. The minimum absolute atomic E-state index is 0.301. The molecule has 2 aromatic carbocycles. The van der Waals surface area contributed by atoms with E-state index in [-0.39, 0.29) is 0 Å². The van der Waals surface area contributed by atoms with Crippen molar-refractivity contribution in [3.05, 3.63) is 50.3 Å². The summed E-state index contributed by atoms with van der Waals surface area (Å²) in [4.78, 5) is 22.3. The number of benzene rings is 2. The summed E-state index contributed by atoms with van der Waals surface area (Å²) in [5.41, 5.74) is -0.478. The van der Waals surface area contributed by atoms with Crippen LogP contribution in [0.15, 0.2) is 34.5 Å². The second kappa shape index (κ2) is 10.3. The number of azo groups is 1. The molecule has 0 amide bonds. The normalized spacial score (nSPS) is 10.9. The highest BCUT2D eigenvalue weighted by Crippen LogP contribution is 2.40. The first-order valence-electron chi connectivity index (χ1n) is 9.54. The van der Waals surface area contributed by atoms with E-state index in [0.717, 1.165) is 18.8 Å². The summed E-state index contributed by atoms with van der Waals surface area (Å²) in [6.45, 7) is 7.75. The molecule has 0 aliphatic carbocycles. The van der Waals surface area contributed by atoms with Crippen molar-refractivity contribution in [2.45, 2.75) is 20.8 Å². The Labute approximate surface area is 177 Å². The van der Waals surface area contributed by atoms with Crippen molar-refractivity contribution in [2.75, 3.05) is 37.0 Å². The van der Waals surface area contributed by atoms with E-state index >= 15 is 0 Å². The molecule has 11 nitrogen and oxygen atoms in total. The van der Waals surface area contributed by atoms with Gasteiger partial charge in [-0.25, -0.2) is 0 Å². The molecule has 0 fully saturated rings. The highest BCUT2D eigenvalue weighted by molar-refractivity contribution is 5.77. The zero-order valence-electron chi connectivity index (χ0n) is 17.6. The zero-order chi connectivity index (χ0) is 23.1. The Morgan fingerprint density at radius 2 is 1.61 bits per heavy atom. The third-order valence-corrected chi connectivity index (χ3v) is 4.45. The molecule has 0 aromatic heterocycles. The van der Waals surface area contributed by atoms with E-state index in [2.05, 4.69) is 20.4 Å². The van der Waals surface area contributed by atoms with Crippen LogP contribution in [0.1, 0.15) is 20.8 Å². The molecule has 0 unspecified atom stereocenters. The van der Waals surface area contributed by atoms with Crippen LogP contribution < -0.4 is 15.0 Å². The van der Waals surface area contributed by atoms with Gasteiger partial charge in [0.15, 0.2) is 5.69 Å². The van der Waals surface area contributed by atoms with Gasteiger partial charge in [-0.3, -0.25) is 20.2 Å². The molecule has 0 radical (unpaired) electrons. The van der Waals surface area contributed by atoms with E-state index in [9.17, 15) is 24.6 Å². The first-order chi connectivity index (χ1) is 14.8. The summed E-state index contributed by atoms with van der Waals surface area (Å²) < 4.78 is 19.7. The predicted octanol–water partition coefficient (Wildman–Crippen LogP) is 5.34. The van der Waals surface area contributed by atoms with Gasteiger partial charge >= 0.3 is 11.4 Å². The molecule has 31 heavy (non-hydrogen) atoms. The summed E-state index contributed by atoms with van der Waals surface area (Å²) in [5.74, 6) is -0.700. The molecule has 0 atom stereocenters. The fourth-order valence-corrected chi connectivity index (χ4v) is 2.94. The van der Waals surface area contributed by atoms with Crippen molar-refractivity contribution in [3.8, 4) is 5.75 Å². The summed E-state index contributed by atoms with van der Waals surface area (Å²) >= 11 is 0. The number of nitro groups is 2. The minimum atomic E-state index is -1.25. The Balaban J connectivity index is 2.59. The molecule has 0 bridgehead atoms. The Morgan fingerprint density at radius 1 is 1.00 bits per heavy atom. The third kappa shape index (κ3) is 5.21. The number of nitrogens with one attached hydrogen (secondary N) is 1. The van der Waals surface area contributed by atoms with Crippen LogP contribution in [0.5, 0.6) is 5.75 Å². The van der Waals surface area contributed by atoms with E-state index in [1.54, 1.807) is 13.1 Å². The van der Waals surface area contributed by atoms with Gasteiger partial charge in [0.2, 0.25) is 5.82 Å². The van der Waals surface area contributed by atoms with Crippen LogP contribution >= 0.6 is 0 Å². The number of hydrogen-bond donors (Lipinski definition) is 1. The molecular formula is C19H23FN6O5. The monoisotopic (exact) mass is 434 g/mol. The van der Waals surface area contributed by atoms with Crippen LogP contribution in [-0.4, -0.2) is 36.6 Å². The van der Waals surface area contributed by atoms with Crippen LogP contribution in [-0.2, 0) is 0 Å². The van der Waals surface area contributed by atoms with Gasteiger partial charge in [-0.2, -0.15) is 4.39 Å². The lowest BCUT2D eigenvalue weighted by Gasteiger charge is -2.25. The van der Waals surface area contributed by atoms with E-state index in [1.165, 1.54) is 0 Å². The highest BCUT2D eigenvalue weighted by Gasteiger charge is 2.25. The molecule has 0 spiro atoms. The van der Waals surface area contributed by atoms with Crippen molar-refractivity contribution in [2.24, 2.45) is 10.2 Å². The fraction of sp³-hybridized carbons (Fsp3) is 0.368. The summed E-state index contributed by atoms with van der Waals surface area (Å²) in [5, 5.41) is 33.0. The molecule has 0 saturated heterocycles. The lowest BCUT2D eigenvalue weighted by molar-refractivity contribution is -0.395. The van der Waals surface area contributed by atoms with Crippen molar-refractivity contribution in [1.82, 2.24) is 0 Å². The number of halogens is 1. The number of nitro benzene ring substituents is 2. The lowest BCUT2D eigenvalue weighted by atomic mass is 10.2. The van der Waals surface area contributed by atoms with Gasteiger partial charge in [-0.05, 0) is 26.8 Å². The summed E-state index contributed by atoms with van der Waals surface area (Å²) in [6.07, 6.45) is 0. The van der Waals surface area contributed by atoms with Crippen LogP contribution in [0, 0.1) is 26.0 Å². The molecule has 166 valence electrons. The molecule has 0 heterocycles. The molecule has 0 saturated carbocycles. The zero-order valence-corrected chi connectivity index (χ0v) is 17.6. The van der Waals surface area contributed by atoms with Crippen LogP contribution in [0.3, 0.4) is 0 Å². The topological polar surface area (TPSA) is 136 Å². The first kappa shape index (κ1) is 23.4. The second-order valence-corrected chi connectivity index (χ2v) is 6.20. The van der Waals surface area contributed by atoms with Gasteiger partial charge in [0.1, 0.15) is 11.4 Å². The van der Waals surface area contributed by atoms with E-state index < -0.39 is 32.7 Å². The molecule has 2 aromatic rings. The maximum Gasteiger partial charge on any atom is 0.311 e. The van der Waals surface area contributed by atoms with Gasteiger partial charge in [0, 0.05) is 32.3 Å². The van der Waals surface area contributed by atoms with Crippen LogP contribution in [0.2, 0.25) is 0 Å². The van der Waals surface area contributed by atoms with Crippen LogP contribution in [0.4, 0.5) is 38.5 Å². The Bertz CT molecular complexity index is 1010. The SMILES string of the molecule is CCOc1cc(N=Nc2cc(F)c([N+](=O)[O-])cc2[N+](=O)[O-])c(NC)cc1N(CC)CC. The quantitative estimate of drug-likeness (QED) is 0.303.